The molecule has 1 atom stereocenters. The van der Waals surface area contributed by atoms with Crippen molar-refractivity contribution in [1.82, 2.24) is 10.5 Å². The van der Waals surface area contributed by atoms with E-state index in [1.54, 1.807) is 6.07 Å². The van der Waals surface area contributed by atoms with Gasteiger partial charge in [0.05, 0.1) is 11.7 Å². The summed E-state index contributed by atoms with van der Waals surface area (Å²) in [6.45, 7) is 1.24. The van der Waals surface area contributed by atoms with Crippen LogP contribution in [0.15, 0.2) is 40.9 Å². The van der Waals surface area contributed by atoms with Crippen molar-refractivity contribution >= 4 is 28.2 Å². The van der Waals surface area contributed by atoms with Crippen LogP contribution in [-0.4, -0.2) is 36.2 Å². The number of fused-ring (bicyclic) bond motifs is 1. The van der Waals surface area contributed by atoms with Crippen molar-refractivity contribution in [2.24, 2.45) is 0 Å². The summed E-state index contributed by atoms with van der Waals surface area (Å²) in [6, 6.07) is 11.1. The van der Waals surface area contributed by atoms with Crippen LogP contribution >= 0.6 is 11.3 Å². The Bertz CT molecular complexity index is 1100. The summed E-state index contributed by atoms with van der Waals surface area (Å²) in [4.78, 5) is 27.0. The van der Waals surface area contributed by atoms with E-state index in [4.69, 9.17) is 9.26 Å². The Morgan fingerprint density at radius 3 is 2.81 bits per heavy atom. The number of thiophene rings is 1. The van der Waals surface area contributed by atoms with Gasteiger partial charge in [0.25, 0.3) is 11.8 Å². The lowest BCUT2D eigenvalue weighted by Crippen LogP contribution is -2.32. The van der Waals surface area contributed by atoms with Crippen LogP contribution in [0.5, 0.6) is 0 Å². The highest BCUT2D eigenvalue weighted by molar-refractivity contribution is 7.17. The maximum Gasteiger partial charge on any atom is 0.278 e. The van der Waals surface area contributed by atoms with Crippen molar-refractivity contribution in [2.75, 3.05) is 18.5 Å². The average Bonchev–Trinajstić information content (AvgIpc) is 3.57. The maximum absolute atomic E-state index is 13.0. The summed E-state index contributed by atoms with van der Waals surface area (Å²) >= 11 is 1.48. The second-order valence-corrected chi connectivity index (χ2v) is 8.91. The van der Waals surface area contributed by atoms with Crippen LogP contribution in [0.4, 0.5) is 5.00 Å². The predicted molar refractivity (Wildman–Crippen MR) is 118 cm³/mol. The summed E-state index contributed by atoms with van der Waals surface area (Å²) in [5, 5.41) is 10.4. The summed E-state index contributed by atoms with van der Waals surface area (Å²) < 4.78 is 10.9. The van der Waals surface area contributed by atoms with Gasteiger partial charge in [-0.1, -0.05) is 35.5 Å². The molecule has 3 aromatic rings. The third kappa shape index (κ3) is 4.13. The van der Waals surface area contributed by atoms with Crippen molar-refractivity contribution in [2.45, 2.75) is 38.2 Å². The van der Waals surface area contributed by atoms with E-state index in [0.717, 1.165) is 49.8 Å². The summed E-state index contributed by atoms with van der Waals surface area (Å²) in [6.07, 6.45) is 4.88. The van der Waals surface area contributed by atoms with Gasteiger partial charge < -0.3 is 19.9 Å². The fourth-order valence-electron chi connectivity index (χ4n) is 4.12. The number of aromatic nitrogens is 1. The smallest absolute Gasteiger partial charge is 0.278 e. The third-order valence-electron chi connectivity index (χ3n) is 5.69. The van der Waals surface area contributed by atoms with Crippen molar-refractivity contribution in [3.63, 3.8) is 0 Å². The Labute approximate surface area is 183 Å². The molecule has 2 N–H and O–H groups in total. The summed E-state index contributed by atoms with van der Waals surface area (Å²) in [5.74, 6) is -0.0247. The highest BCUT2D eigenvalue weighted by Gasteiger charge is 2.29. The van der Waals surface area contributed by atoms with Gasteiger partial charge in [0.1, 0.15) is 5.00 Å². The molecule has 1 saturated heterocycles. The highest BCUT2D eigenvalue weighted by atomic mass is 32.1. The van der Waals surface area contributed by atoms with E-state index >= 15 is 0 Å². The summed E-state index contributed by atoms with van der Waals surface area (Å²) in [5.41, 5.74) is 2.65. The van der Waals surface area contributed by atoms with Crippen molar-refractivity contribution in [1.29, 1.82) is 0 Å². The number of aryl methyl sites for hydroxylation is 1. The Morgan fingerprint density at radius 1 is 1.13 bits per heavy atom. The largest absolute Gasteiger partial charge is 0.376 e. The molecule has 2 aromatic heterocycles. The molecule has 160 valence electrons. The van der Waals surface area contributed by atoms with E-state index < -0.39 is 0 Å². The first kappa shape index (κ1) is 20.0. The number of ether oxygens (including phenoxy) is 1. The number of nitrogens with zero attached hydrogens (tertiary/aromatic N) is 1. The Hall–Kier alpha value is -2.97. The number of anilines is 1. The molecule has 0 saturated carbocycles. The van der Waals surface area contributed by atoms with E-state index in [1.165, 1.54) is 16.2 Å². The van der Waals surface area contributed by atoms with Gasteiger partial charge in [-0.2, -0.15) is 0 Å². The van der Waals surface area contributed by atoms with Crippen LogP contribution in [0.3, 0.4) is 0 Å². The fraction of sp³-hybridized carbons (Fsp3) is 0.348. The lowest BCUT2D eigenvalue weighted by atomic mass is 10.1. The molecule has 3 heterocycles. The van der Waals surface area contributed by atoms with Crippen LogP contribution in [0.25, 0.3) is 11.3 Å². The number of hydrogen-bond donors (Lipinski definition) is 2. The zero-order chi connectivity index (χ0) is 21.2. The number of benzene rings is 1. The molecule has 2 aliphatic rings. The zero-order valence-electron chi connectivity index (χ0n) is 17.0. The number of nitrogens with one attached hydrogen (secondary N) is 2. The van der Waals surface area contributed by atoms with Gasteiger partial charge in [-0.3, -0.25) is 9.59 Å². The van der Waals surface area contributed by atoms with Crippen LogP contribution in [-0.2, 0) is 17.6 Å². The number of carbonyl (C=O) groups is 2. The predicted octanol–water partition coefficient (Wildman–Crippen LogP) is 4.05. The molecule has 0 bridgehead atoms. The zero-order valence-corrected chi connectivity index (χ0v) is 17.8. The average molecular weight is 438 g/mol. The Balaban J connectivity index is 1.34. The quantitative estimate of drug-likeness (QED) is 0.607. The minimum atomic E-state index is -0.390. The van der Waals surface area contributed by atoms with Crippen LogP contribution in [0.2, 0.25) is 0 Å². The van der Waals surface area contributed by atoms with E-state index in [2.05, 4.69) is 15.8 Å². The molecular formula is C23H23N3O4S. The lowest BCUT2D eigenvalue weighted by Gasteiger charge is -2.12. The Morgan fingerprint density at radius 2 is 2.00 bits per heavy atom. The number of carbonyl (C=O) groups excluding carboxylic acids is 2. The van der Waals surface area contributed by atoms with Gasteiger partial charge in [-0.25, -0.2) is 0 Å². The first-order valence-electron chi connectivity index (χ1n) is 10.6. The molecule has 2 amide bonds. The third-order valence-corrected chi connectivity index (χ3v) is 6.90. The highest BCUT2D eigenvalue weighted by Crippen LogP contribution is 2.39. The molecule has 0 spiro atoms. The molecule has 0 unspecified atom stereocenters. The summed E-state index contributed by atoms with van der Waals surface area (Å²) in [7, 11) is 0. The minimum absolute atomic E-state index is 0.0696. The van der Waals surface area contributed by atoms with Gasteiger partial charge >= 0.3 is 0 Å². The molecule has 8 heteroatoms. The molecular weight excluding hydrogens is 414 g/mol. The van der Waals surface area contributed by atoms with E-state index in [-0.39, 0.29) is 23.6 Å². The van der Waals surface area contributed by atoms with Crippen LogP contribution in [0, 0.1) is 0 Å². The number of amides is 2. The second-order valence-electron chi connectivity index (χ2n) is 7.80. The minimum Gasteiger partial charge on any atom is -0.376 e. The van der Waals surface area contributed by atoms with E-state index in [9.17, 15) is 9.59 Å². The first-order valence-corrected chi connectivity index (χ1v) is 11.4. The van der Waals surface area contributed by atoms with Gasteiger partial charge in [0.2, 0.25) is 0 Å². The maximum atomic E-state index is 13.0. The number of rotatable bonds is 6. The molecule has 7 nitrogen and oxygen atoms in total. The molecule has 1 aliphatic carbocycles. The van der Waals surface area contributed by atoms with Crippen LogP contribution in [0.1, 0.15) is 50.5 Å². The first-order chi connectivity index (χ1) is 15.2. The SMILES string of the molecule is O=C(Nc1sc2c(c1C(=O)NC[C@@H]1CCCO1)CCC2)c1cc(-c2ccccc2)on1. The molecule has 0 radical (unpaired) electrons. The fourth-order valence-corrected chi connectivity index (χ4v) is 5.40. The lowest BCUT2D eigenvalue weighted by molar-refractivity contribution is 0.0858. The molecule has 1 aromatic carbocycles. The van der Waals surface area contributed by atoms with E-state index in [0.29, 0.717) is 22.9 Å². The monoisotopic (exact) mass is 437 g/mol. The van der Waals surface area contributed by atoms with Crippen LogP contribution < -0.4 is 10.6 Å². The topological polar surface area (TPSA) is 93.5 Å². The molecule has 1 aliphatic heterocycles. The van der Waals surface area contributed by atoms with Crippen molar-refractivity contribution in [3.05, 3.63) is 58.1 Å². The number of hydrogen-bond acceptors (Lipinski definition) is 6. The van der Waals surface area contributed by atoms with Gasteiger partial charge in [-0.05, 0) is 37.7 Å². The van der Waals surface area contributed by atoms with Gasteiger partial charge in [0, 0.05) is 29.7 Å². The Kier molecular flexibility index (Phi) is 5.57. The van der Waals surface area contributed by atoms with Crippen molar-refractivity contribution in [3.8, 4) is 11.3 Å². The molecule has 5 rings (SSSR count). The van der Waals surface area contributed by atoms with Gasteiger partial charge in [-0.15, -0.1) is 11.3 Å². The standard InChI is InChI=1S/C23H23N3O4S/c27-21(17-12-18(30-26-17)14-6-2-1-3-7-14)25-23-20(16-9-4-10-19(16)31-23)22(28)24-13-15-8-5-11-29-15/h1-3,6-7,12,15H,4-5,8-11,13H2,(H,24,28)(H,25,27)/t15-/m0/s1. The van der Waals surface area contributed by atoms with Crippen molar-refractivity contribution < 1.29 is 18.8 Å². The molecule has 1 fully saturated rings. The normalized spacial score (nSPS) is 17.5. The second kappa shape index (κ2) is 8.64. The van der Waals surface area contributed by atoms with E-state index in [1.807, 2.05) is 30.3 Å². The van der Waals surface area contributed by atoms with Gasteiger partial charge in [0.15, 0.2) is 11.5 Å². The molecule has 31 heavy (non-hydrogen) atoms.